The van der Waals surface area contributed by atoms with Gasteiger partial charge in [0.2, 0.25) is 5.91 Å². The molecular weight excluding hydrogens is 262 g/mol. The third-order valence-corrected chi connectivity index (χ3v) is 4.62. The second kappa shape index (κ2) is 6.58. The van der Waals surface area contributed by atoms with Gasteiger partial charge >= 0.3 is 0 Å². The van der Waals surface area contributed by atoms with Crippen molar-refractivity contribution < 1.29 is 4.79 Å². The van der Waals surface area contributed by atoms with Crippen molar-refractivity contribution in [3.8, 4) is 0 Å². The number of hydrogen-bond acceptors (Lipinski definition) is 3. The van der Waals surface area contributed by atoms with Crippen molar-refractivity contribution in [3.05, 3.63) is 35.9 Å². The third-order valence-electron chi connectivity index (χ3n) is 4.62. The van der Waals surface area contributed by atoms with Crippen LogP contribution in [0, 0.1) is 0 Å². The maximum Gasteiger partial charge on any atom is 0.236 e. The molecule has 1 aliphatic carbocycles. The van der Waals surface area contributed by atoms with Crippen LogP contribution in [0.3, 0.4) is 0 Å². The van der Waals surface area contributed by atoms with E-state index in [0.717, 1.165) is 32.5 Å². The zero-order chi connectivity index (χ0) is 14.7. The molecule has 1 heterocycles. The topological polar surface area (TPSA) is 49.6 Å². The van der Waals surface area contributed by atoms with E-state index in [0.29, 0.717) is 12.1 Å². The van der Waals surface area contributed by atoms with Crippen molar-refractivity contribution in [2.45, 2.75) is 44.3 Å². The molecule has 2 N–H and O–H groups in total. The number of benzene rings is 1. The Morgan fingerprint density at radius 3 is 2.67 bits per heavy atom. The first kappa shape index (κ1) is 14.5. The fourth-order valence-electron chi connectivity index (χ4n) is 3.31. The fraction of sp³-hybridized carbons (Fsp3) is 0.588. The Hall–Kier alpha value is -1.39. The SMILES string of the molecule is NCC(=O)N(CC1CCCN1Cc1ccccc1)C1CC1. The standard InChI is InChI=1S/C17H25N3O/c18-11-17(21)20(15-8-9-15)13-16-7-4-10-19(16)12-14-5-2-1-3-6-14/h1-3,5-6,15-16H,4,7-13,18H2. The largest absolute Gasteiger partial charge is 0.337 e. The van der Waals surface area contributed by atoms with Crippen molar-refractivity contribution >= 4 is 5.91 Å². The van der Waals surface area contributed by atoms with Crippen LogP contribution in [0.25, 0.3) is 0 Å². The highest BCUT2D eigenvalue weighted by Gasteiger charge is 2.35. The van der Waals surface area contributed by atoms with Crippen molar-refractivity contribution in [2.75, 3.05) is 19.6 Å². The Morgan fingerprint density at radius 1 is 1.24 bits per heavy atom. The van der Waals surface area contributed by atoms with Gasteiger partial charge in [0.15, 0.2) is 0 Å². The average molecular weight is 287 g/mol. The van der Waals surface area contributed by atoms with Crippen LogP contribution in [0.2, 0.25) is 0 Å². The van der Waals surface area contributed by atoms with E-state index in [1.165, 1.54) is 18.4 Å². The minimum absolute atomic E-state index is 0.115. The number of carbonyl (C=O) groups excluding carboxylic acids is 1. The third kappa shape index (κ3) is 3.63. The van der Waals surface area contributed by atoms with E-state index in [1.807, 2.05) is 4.90 Å². The summed E-state index contributed by atoms with van der Waals surface area (Å²) in [6.07, 6.45) is 4.72. The molecule has 1 saturated heterocycles. The Morgan fingerprint density at radius 2 is 2.00 bits per heavy atom. The molecule has 1 aromatic rings. The lowest BCUT2D eigenvalue weighted by Gasteiger charge is -2.31. The highest BCUT2D eigenvalue weighted by atomic mass is 16.2. The van der Waals surface area contributed by atoms with E-state index in [4.69, 9.17) is 5.73 Å². The number of likely N-dealkylation sites (tertiary alicyclic amines) is 1. The van der Waals surface area contributed by atoms with E-state index in [1.54, 1.807) is 0 Å². The summed E-state index contributed by atoms with van der Waals surface area (Å²) in [4.78, 5) is 16.6. The summed E-state index contributed by atoms with van der Waals surface area (Å²) in [6.45, 7) is 3.12. The molecule has 114 valence electrons. The second-order valence-electron chi connectivity index (χ2n) is 6.23. The molecule has 1 atom stereocenters. The summed E-state index contributed by atoms with van der Waals surface area (Å²) in [5.41, 5.74) is 6.92. The van der Waals surface area contributed by atoms with Gasteiger partial charge in [-0.05, 0) is 37.8 Å². The number of carbonyl (C=O) groups is 1. The molecule has 0 radical (unpaired) electrons. The molecule has 1 unspecified atom stereocenters. The molecule has 0 aromatic heterocycles. The Kier molecular flexibility index (Phi) is 4.56. The monoisotopic (exact) mass is 287 g/mol. The summed E-state index contributed by atoms with van der Waals surface area (Å²) in [7, 11) is 0. The summed E-state index contributed by atoms with van der Waals surface area (Å²) in [5, 5.41) is 0. The molecule has 2 fully saturated rings. The number of nitrogens with two attached hydrogens (primary N) is 1. The van der Waals surface area contributed by atoms with Crippen LogP contribution in [0.5, 0.6) is 0 Å². The van der Waals surface area contributed by atoms with Gasteiger partial charge in [0.25, 0.3) is 0 Å². The van der Waals surface area contributed by atoms with Crippen LogP contribution in [0.4, 0.5) is 0 Å². The van der Waals surface area contributed by atoms with Crippen LogP contribution in [-0.4, -0.2) is 47.4 Å². The number of rotatable bonds is 6. The van der Waals surface area contributed by atoms with Gasteiger partial charge in [-0.3, -0.25) is 9.69 Å². The smallest absolute Gasteiger partial charge is 0.236 e. The van der Waals surface area contributed by atoms with Gasteiger partial charge in [0.05, 0.1) is 6.54 Å². The lowest BCUT2D eigenvalue weighted by molar-refractivity contribution is -0.131. The summed E-state index contributed by atoms with van der Waals surface area (Å²) in [5.74, 6) is 0.115. The van der Waals surface area contributed by atoms with Crippen LogP contribution in [0.15, 0.2) is 30.3 Å². The van der Waals surface area contributed by atoms with E-state index in [2.05, 4.69) is 35.2 Å². The molecule has 4 heteroatoms. The highest BCUT2D eigenvalue weighted by molar-refractivity contribution is 5.78. The summed E-state index contributed by atoms with van der Waals surface area (Å²) < 4.78 is 0. The zero-order valence-corrected chi connectivity index (χ0v) is 12.6. The van der Waals surface area contributed by atoms with E-state index in [-0.39, 0.29) is 12.5 Å². The Balaban J connectivity index is 1.62. The van der Waals surface area contributed by atoms with Gasteiger partial charge in [-0.1, -0.05) is 30.3 Å². The normalized spacial score (nSPS) is 22.4. The first-order valence-electron chi connectivity index (χ1n) is 8.05. The average Bonchev–Trinajstić information content (AvgIpc) is 3.27. The van der Waals surface area contributed by atoms with Gasteiger partial charge in [0, 0.05) is 25.2 Å². The zero-order valence-electron chi connectivity index (χ0n) is 12.6. The van der Waals surface area contributed by atoms with Crippen molar-refractivity contribution in [1.29, 1.82) is 0 Å². The van der Waals surface area contributed by atoms with Gasteiger partial charge in [-0.2, -0.15) is 0 Å². The van der Waals surface area contributed by atoms with Crippen LogP contribution in [0.1, 0.15) is 31.2 Å². The van der Waals surface area contributed by atoms with Gasteiger partial charge in [-0.15, -0.1) is 0 Å². The quantitative estimate of drug-likeness (QED) is 0.864. The molecule has 1 aromatic carbocycles. The lowest BCUT2D eigenvalue weighted by Crippen LogP contribution is -2.46. The van der Waals surface area contributed by atoms with Gasteiger partial charge < -0.3 is 10.6 Å². The molecule has 1 amide bonds. The maximum absolute atomic E-state index is 12.0. The van der Waals surface area contributed by atoms with E-state index < -0.39 is 0 Å². The van der Waals surface area contributed by atoms with Crippen molar-refractivity contribution in [3.63, 3.8) is 0 Å². The van der Waals surface area contributed by atoms with Crippen molar-refractivity contribution in [1.82, 2.24) is 9.80 Å². The molecule has 1 aliphatic heterocycles. The lowest BCUT2D eigenvalue weighted by atomic mass is 10.1. The van der Waals surface area contributed by atoms with E-state index >= 15 is 0 Å². The second-order valence-corrected chi connectivity index (χ2v) is 6.23. The maximum atomic E-state index is 12.0. The molecule has 3 rings (SSSR count). The predicted molar refractivity (Wildman–Crippen MR) is 83.7 cm³/mol. The van der Waals surface area contributed by atoms with Crippen LogP contribution in [-0.2, 0) is 11.3 Å². The molecule has 0 bridgehead atoms. The number of amides is 1. The number of hydrogen-bond donors (Lipinski definition) is 1. The van der Waals surface area contributed by atoms with Gasteiger partial charge in [0.1, 0.15) is 0 Å². The Labute approximate surface area is 126 Å². The Bertz CT molecular complexity index is 472. The van der Waals surface area contributed by atoms with Crippen LogP contribution >= 0.6 is 0 Å². The minimum atomic E-state index is 0.115. The summed E-state index contributed by atoms with van der Waals surface area (Å²) >= 11 is 0. The van der Waals surface area contributed by atoms with E-state index in [9.17, 15) is 4.79 Å². The molecule has 2 aliphatic rings. The predicted octanol–water partition coefficient (Wildman–Crippen LogP) is 1.60. The minimum Gasteiger partial charge on any atom is -0.337 e. The van der Waals surface area contributed by atoms with Crippen molar-refractivity contribution in [2.24, 2.45) is 5.73 Å². The highest BCUT2D eigenvalue weighted by Crippen LogP contribution is 2.29. The first-order chi connectivity index (χ1) is 10.3. The molecule has 0 spiro atoms. The first-order valence-corrected chi connectivity index (χ1v) is 8.05. The fourth-order valence-corrected chi connectivity index (χ4v) is 3.31. The number of nitrogens with zero attached hydrogens (tertiary/aromatic N) is 2. The summed E-state index contributed by atoms with van der Waals surface area (Å²) in [6, 6.07) is 11.5. The molecule has 4 nitrogen and oxygen atoms in total. The molecular formula is C17H25N3O. The molecule has 21 heavy (non-hydrogen) atoms. The van der Waals surface area contributed by atoms with Gasteiger partial charge in [-0.25, -0.2) is 0 Å². The molecule has 1 saturated carbocycles. The van der Waals surface area contributed by atoms with Crippen LogP contribution < -0.4 is 5.73 Å².